The van der Waals surface area contributed by atoms with Gasteiger partial charge in [-0.15, -0.1) is 0 Å². The van der Waals surface area contributed by atoms with Crippen molar-refractivity contribution in [1.29, 1.82) is 0 Å². The second-order valence-corrected chi connectivity index (χ2v) is 4.70. The van der Waals surface area contributed by atoms with Crippen LogP contribution in [0.15, 0.2) is 0 Å². The van der Waals surface area contributed by atoms with E-state index in [2.05, 4.69) is 27.7 Å². The van der Waals surface area contributed by atoms with Gasteiger partial charge in [0.1, 0.15) is 0 Å². The molecule has 0 rings (SSSR count). The van der Waals surface area contributed by atoms with Crippen LogP contribution in [0.2, 0.25) is 0 Å². The molecule has 2 nitrogen and oxygen atoms in total. The maximum Gasteiger partial charge on any atom is 0.305 e. The molecule has 2 heteroatoms. The molecule has 0 aliphatic carbocycles. The van der Waals surface area contributed by atoms with Crippen molar-refractivity contribution in [1.82, 2.24) is 0 Å². The third kappa shape index (κ3) is 4.67. The summed E-state index contributed by atoms with van der Waals surface area (Å²) in [6, 6.07) is 0. The molecule has 0 bridgehead atoms. The molecule has 0 heterocycles. The van der Waals surface area contributed by atoms with Gasteiger partial charge in [-0.2, -0.15) is 0 Å². The molecule has 0 N–H and O–H groups in total. The predicted molar refractivity (Wildman–Crippen MR) is 63.7 cm³/mol. The minimum absolute atomic E-state index is 0.0863. The van der Waals surface area contributed by atoms with Crippen molar-refractivity contribution < 1.29 is 9.53 Å². The Morgan fingerprint density at radius 2 is 1.93 bits per heavy atom. The van der Waals surface area contributed by atoms with Crippen molar-refractivity contribution in [2.24, 2.45) is 11.3 Å². The normalized spacial score (nSPS) is 16.9. The maximum atomic E-state index is 11.1. The van der Waals surface area contributed by atoms with Gasteiger partial charge in [0, 0.05) is 6.42 Å². The number of esters is 1. The van der Waals surface area contributed by atoms with E-state index >= 15 is 0 Å². The Morgan fingerprint density at radius 3 is 2.33 bits per heavy atom. The SMILES string of the molecule is CCCC(C)(CC)C(C)COC(=O)CC. The topological polar surface area (TPSA) is 26.3 Å². The molecule has 90 valence electrons. The number of ether oxygens (including phenoxy) is 1. The zero-order chi connectivity index (χ0) is 11.9. The van der Waals surface area contributed by atoms with Crippen molar-refractivity contribution in [2.75, 3.05) is 6.61 Å². The van der Waals surface area contributed by atoms with E-state index in [1.807, 2.05) is 6.92 Å². The highest BCUT2D eigenvalue weighted by molar-refractivity contribution is 5.68. The standard InChI is InChI=1S/C13H26O2/c1-6-9-13(5,8-3)11(4)10-15-12(14)7-2/h11H,6-10H2,1-5H3. The first-order chi connectivity index (χ1) is 7.00. The van der Waals surface area contributed by atoms with Gasteiger partial charge >= 0.3 is 5.97 Å². The monoisotopic (exact) mass is 214 g/mol. The smallest absolute Gasteiger partial charge is 0.305 e. The van der Waals surface area contributed by atoms with Crippen LogP contribution in [0.4, 0.5) is 0 Å². The summed E-state index contributed by atoms with van der Waals surface area (Å²) >= 11 is 0. The lowest BCUT2D eigenvalue weighted by atomic mass is 9.73. The summed E-state index contributed by atoms with van der Waals surface area (Å²) in [7, 11) is 0. The van der Waals surface area contributed by atoms with Crippen molar-refractivity contribution in [3.8, 4) is 0 Å². The minimum Gasteiger partial charge on any atom is -0.465 e. The van der Waals surface area contributed by atoms with Gasteiger partial charge in [-0.05, 0) is 17.8 Å². The maximum absolute atomic E-state index is 11.1. The zero-order valence-electron chi connectivity index (χ0n) is 10.9. The van der Waals surface area contributed by atoms with E-state index in [-0.39, 0.29) is 5.97 Å². The summed E-state index contributed by atoms with van der Waals surface area (Å²) in [6.45, 7) is 11.3. The Hall–Kier alpha value is -0.530. The molecule has 0 saturated heterocycles. The molecule has 0 spiro atoms. The quantitative estimate of drug-likeness (QED) is 0.603. The Labute approximate surface area is 94.4 Å². The van der Waals surface area contributed by atoms with E-state index in [0.717, 1.165) is 6.42 Å². The fourth-order valence-electron chi connectivity index (χ4n) is 1.86. The highest BCUT2D eigenvalue weighted by Gasteiger charge is 2.29. The Balaban J connectivity index is 4.14. The summed E-state index contributed by atoms with van der Waals surface area (Å²) in [6.07, 6.45) is 4.01. The molecular formula is C13H26O2. The summed E-state index contributed by atoms with van der Waals surface area (Å²) in [5, 5.41) is 0. The molecule has 0 saturated carbocycles. The number of carbonyl (C=O) groups is 1. The van der Waals surface area contributed by atoms with E-state index in [4.69, 9.17) is 4.74 Å². The van der Waals surface area contributed by atoms with E-state index in [0.29, 0.717) is 24.4 Å². The van der Waals surface area contributed by atoms with Gasteiger partial charge in [-0.25, -0.2) is 0 Å². The van der Waals surface area contributed by atoms with Gasteiger partial charge in [0.25, 0.3) is 0 Å². The lowest BCUT2D eigenvalue weighted by Gasteiger charge is -2.34. The van der Waals surface area contributed by atoms with Crippen molar-refractivity contribution >= 4 is 5.97 Å². The highest BCUT2D eigenvalue weighted by atomic mass is 16.5. The largest absolute Gasteiger partial charge is 0.465 e. The van der Waals surface area contributed by atoms with Crippen LogP contribution >= 0.6 is 0 Å². The Morgan fingerprint density at radius 1 is 1.33 bits per heavy atom. The van der Waals surface area contributed by atoms with Crippen LogP contribution < -0.4 is 0 Å². The van der Waals surface area contributed by atoms with Gasteiger partial charge < -0.3 is 4.74 Å². The molecule has 0 aromatic rings. The molecule has 0 amide bonds. The van der Waals surface area contributed by atoms with Crippen molar-refractivity contribution in [3.05, 3.63) is 0 Å². The molecule has 2 unspecified atom stereocenters. The predicted octanol–water partition coefficient (Wildman–Crippen LogP) is 3.79. The van der Waals surface area contributed by atoms with Crippen LogP contribution in [-0.4, -0.2) is 12.6 Å². The van der Waals surface area contributed by atoms with Gasteiger partial charge in [0.05, 0.1) is 6.61 Å². The third-order valence-electron chi connectivity index (χ3n) is 3.60. The van der Waals surface area contributed by atoms with Crippen molar-refractivity contribution in [2.45, 2.75) is 60.3 Å². The summed E-state index contributed by atoms with van der Waals surface area (Å²) < 4.78 is 5.21. The molecular weight excluding hydrogens is 188 g/mol. The average molecular weight is 214 g/mol. The van der Waals surface area contributed by atoms with Crippen LogP contribution in [0.25, 0.3) is 0 Å². The molecule has 0 aliphatic heterocycles. The van der Waals surface area contributed by atoms with Crippen LogP contribution in [-0.2, 0) is 9.53 Å². The van der Waals surface area contributed by atoms with Gasteiger partial charge in [-0.1, -0.05) is 47.5 Å². The molecule has 0 aromatic carbocycles. The first kappa shape index (κ1) is 14.5. The number of carbonyl (C=O) groups excluding carboxylic acids is 1. The number of hydrogen-bond donors (Lipinski definition) is 0. The number of hydrogen-bond acceptors (Lipinski definition) is 2. The summed E-state index contributed by atoms with van der Waals surface area (Å²) in [4.78, 5) is 11.1. The Bertz CT molecular complexity index is 189. The van der Waals surface area contributed by atoms with Gasteiger partial charge in [0.2, 0.25) is 0 Å². The van der Waals surface area contributed by atoms with E-state index in [1.54, 1.807) is 0 Å². The fraction of sp³-hybridized carbons (Fsp3) is 0.923. The molecule has 0 radical (unpaired) electrons. The zero-order valence-corrected chi connectivity index (χ0v) is 10.9. The first-order valence-corrected chi connectivity index (χ1v) is 6.15. The Kier molecular flexibility index (Phi) is 6.62. The lowest BCUT2D eigenvalue weighted by molar-refractivity contribution is -0.145. The molecule has 15 heavy (non-hydrogen) atoms. The molecule has 0 aromatic heterocycles. The molecule has 2 atom stereocenters. The fourth-order valence-corrected chi connectivity index (χ4v) is 1.86. The minimum atomic E-state index is -0.0863. The summed E-state index contributed by atoms with van der Waals surface area (Å²) in [5.74, 6) is 0.356. The van der Waals surface area contributed by atoms with Crippen LogP contribution in [0, 0.1) is 11.3 Å². The van der Waals surface area contributed by atoms with Crippen molar-refractivity contribution in [3.63, 3.8) is 0 Å². The lowest BCUT2D eigenvalue weighted by Crippen LogP contribution is -2.29. The second kappa shape index (κ2) is 6.86. The van der Waals surface area contributed by atoms with Crippen LogP contribution in [0.5, 0.6) is 0 Å². The van der Waals surface area contributed by atoms with Gasteiger partial charge in [-0.3, -0.25) is 4.79 Å². The second-order valence-electron chi connectivity index (χ2n) is 4.70. The summed E-state index contributed by atoms with van der Waals surface area (Å²) in [5.41, 5.74) is 0.308. The van der Waals surface area contributed by atoms with Gasteiger partial charge in [0.15, 0.2) is 0 Å². The number of rotatable bonds is 7. The molecule has 0 aliphatic rings. The average Bonchev–Trinajstić information content (AvgIpc) is 2.25. The van der Waals surface area contributed by atoms with Crippen LogP contribution in [0.1, 0.15) is 60.3 Å². The first-order valence-electron chi connectivity index (χ1n) is 6.15. The highest BCUT2D eigenvalue weighted by Crippen LogP contribution is 2.36. The van der Waals surface area contributed by atoms with E-state index in [1.165, 1.54) is 12.8 Å². The van der Waals surface area contributed by atoms with Crippen LogP contribution in [0.3, 0.4) is 0 Å². The third-order valence-corrected chi connectivity index (χ3v) is 3.60. The molecule has 0 fully saturated rings. The van der Waals surface area contributed by atoms with E-state index in [9.17, 15) is 4.79 Å². The van der Waals surface area contributed by atoms with E-state index < -0.39 is 0 Å².